The van der Waals surface area contributed by atoms with Crippen LogP contribution in [0.15, 0.2) is 18.2 Å². The molecule has 1 heterocycles. The zero-order chi connectivity index (χ0) is 13.0. The van der Waals surface area contributed by atoms with Crippen molar-refractivity contribution in [1.82, 2.24) is 5.32 Å². The number of hydrogen-bond acceptors (Lipinski definition) is 2. The number of thioether (sulfide) groups is 1. The van der Waals surface area contributed by atoms with Gasteiger partial charge in [0.1, 0.15) is 0 Å². The van der Waals surface area contributed by atoms with E-state index in [0.29, 0.717) is 6.04 Å². The van der Waals surface area contributed by atoms with E-state index in [2.05, 4.69) is 56.0 Å². The molecule has 2 unspecified atom stereocenters. The Bertz CT molecular complexity index is 383. The molecule has 0 radical (unpaired) electrons. The van der Waals surface area contributed by atoms with Gasteiger partial charge in [-0.15, -0.1) is 0 Å². The van der Waals surface area contributed by atoms with Crippen molar-refractivity contribution >= 4 is 11.8 Å². The van der Waals surface area contributed by atoms with Crippen molar-refractivity contribution in [3.05, 3.63) is 34.9 Å². The Hall–Kier alpha value is -0.470. The Labute approximate surface area is 116 Å². The number of nitrogens with one attached hydrogen (secondary N) is 1. The van der Waals surface area contributed by atoms with Gasteiger partial charge in [0.05, 0.1) is 0 Å². The fourth-order valence-corrected chi connectivity index (χ4v) is 4.10. The highest BCUT2D eigenvalue weighted by molar-refractivity contribution is 8.00. The van der Waals surface area contributed by atoms with Gasteiger partial charge >= 0.3 is 0 Å². The fourth-order valence-electron chi connectivity index (χ4n) is 2.70. The van der Waals surface area contributed by atoms with Gasteiger partial charge in [0.2, 0.25) is 0 Å². The minimum Gasteiger partial charge on any atom is -0.313 e. The maximum Gasteiger partial charge on any atom is 0.0226 e. The molecular weight excluding hydrogens is 238 g/mol. The van der Waals surface area contributed by atoms with Crippen LogP contribution in [0, 0.1) is 13.8 Å². The van der Waals surface area contributed by atoms with Crippen LogP contribution < -0.4 is 5.32 Å². The van der Waals surface area contributed by atoms with E-state index < -0.39 is 0 Å². The van der Waals surface area contributed by atoms with Crippen LogP contribution in [0.3, 0.4) is 0 Å². The molecule has 1 N–H and O–H groups in total. The first-order valence-electron chi connectivity index (χ1n) is 7.12. The second kappa shape index (κ2) is 6.63. The van der Waals surface area contributed by atoms with Crippen molar-refractivity contribution in [3.63, 3.8) is 0 Å². The van der Waals surface area contributed by atoms with Gasteiger partial charge in [-0.25, -0.2) is 0 Å². The number of aryl methyl sites for hydroxylation is 2. The predicted molar refractivity (Wildman–Crippen MR) is 82.6 cm³/mol. The highest BCUT2D eigenvalue weighted by Crippen LogP contribution is 2.30. The van der Waals surface area contributed by atoms with Crippen molar-refractivity contribution < 1.29 is 0 Å². The minimum absolute atomic E-state index is 0.643. The van der Waals surface area contributed by atoms with E-state index in [9.17, 15) is 0 Å². The van der Waals surface area contributed by atoms with Crippen molar-refractivity contribution in [2.75, 3.05) is 12.3 Å². The molecule has 0 aromatic heterocycles. The summed E-state index contributed by atoms with van der Waals surface area (Å²) < 4.78 is 0. The fraction of sp³-hybridized carbons (Fsp3) is 0.625. The highest BCUT2D eigenvalue weighted by Gasteiger charge is 2.25. The van der Waals surface area contributed by atoms with Crippen LogP contribution >= 0.6 is 11.8 Å². The summed E-state index contributed by atoms with van der Waals surface area (Å²) in [5.74, 6) is 1.35. The Balaban J connectivity index is 2.04. The molecule has 0 spiro atoms. The van der Waals surface area contributed by atoms with Crippen LogP contribution in [-0.4, -0.2) is 23.6 Å². The van der Waals surface area contributed by atoms with Gasteiger partial charge in [-0.2, -0.15) is 11.8 Å². The van der Waals surface area contributed by atoms with Crippen molar-refractivity contribution in [2.24, 2.45) is 0 Å². The molecule has 0 saturated carbocycles. The molecule has 1 saturated heterocycles. The van der Waals surface area contributed by atoms with Gasteiger partial charge in [-0.05, 0) is 62.1 Å². The van der Waals surface area contributed by atoms with Gasteiger partial charge in [0, 0.05) is 11.3 Å². The molecule has 1 aliphatic heterocycles. The quantitative estimate of drug-likeness (QED) is 0.869. The molecule has 0 amide bonds. The number of benzene rings is 1. The Morgan fingerprint density at radius 3 is 2.78 bits per heavy atom. The van der Waals surface area contributed by atoms with Gasteiger partial charge < -0.3 is 5.32 Å². The average Bonchev–Trinajstić information content (AvgIpc) is 2.87. The summed E-state index contributed by atoms with van der Waals surface area (Å²) in [4.78, 5) is 0. The van der Waals surface area contributed by atoms with Crippen LogP contribution in [0.4, 0.5) is 0 Å². The monoisotopic (exact) mass is 263 g/mol. The molecule has 1 nitrogen and oxygen atoms in total. The second-order valence-corrected chi connectivity index (χ2v) is 6.69. The van der Waals surface area contributed by atoms with Gasteiger partial charge in [0.25, 0.3) is 0 Å². The normalized spacial score (nSPS) is 21.2. The summed E-state index contributed by atoms with van der Waals surface area (Å²) in [6.07, 6.45) is 3.95. The van der Waals surface area contributed by atoms with Crippen LogP contribution in [0.1, 0.15) is 36.5 Å². The summed E-state index contributed by atoms with van der Waals surface area (Å²) in [5, 5.41) is 4.50. The summed E-state index contributed by atoms with van der Waals surface area (Å²) in [7, 11) is 0. The molecule has 0 aliphatic carbocycles. The van der Waals surface area contributed by atoms with E-state index in [-0.39, 0.29) is 0 Å². The molecule has 2 atom stereocenters. The first-order valence-corrected chi connectivity index (χ1v) is 8.16. The predicted octanol–water partition coefficient (Wildman–Crippen LogP) is 3.72. The van der Waals surface area contributed by atoms with Gasteiger partial charge in [0.15, 0.2) is 0 Å². The minimum atomic E-state index is 0.643. The van der Waals surface area contributed by atoms with E-state index in [0.717, 1.165) is 11.8 Å². The zero-order valence-electron chi connectivity index (χ0n) is 11.8. The largest absolute Gasteiger partial charge is 0.313 e. The van der Waals surface area contributed by atoms with E-state index in [4.69, 9.17) is 0 Å². The lowest BCUT2D eigenvalue weighted by Gasteiger charge is -2.24. The summed E-state index contributed by atoms with van der Waals surface area (Å²) in [5.41, 5.74) is 4.30. The van der Waals surface area contributed by atoms with Crippen molar-refractivity contribution in [1.29, 1.82) is 0 Å². The van der Waals surface area contributed by atoms with E-state index in [1.165, 1.54) is 41.7 Å². The molecule has 2 rings (SSSR count). The lowest BCUT2D eigenvalue weighted by atomic mass is 9.98. The molecule has 1 aromatic rings. The lowest BCUT2D eigenvalue weighted by molar-refractivity contribution is 0.495. The SMILES string of the molecule is CCNC(Cc1ccc(C)c(C)c1)C1CCCS1. The van der Waals surface area contributed by atoms with E-state index >= 15 is 0 Å². The second-order valence-electron chi connectivity index (χ2n) is 5.34. The zero-order valence-corrected chi connectivity index (χ0v) is 12.6. The number of likely N-dealkylation sites (N-methyl/N-ethyl adjacent to an activating group) is 1. The third-order valence-corrected chi connectivity index (χ3v) is 5.42. The Morgan fingerprint density at radius 1 is 1.33 bits per heavy atom. The summed E-state index contributed by atoms with van der Waals surface area (Å²) in [6, 6.07) is 7.56. The first kappa shape index (κ1) is 14.0. The number of hydrogen-bond donors (Lipinski definition) is 1. The smallest absolute Gasteiger partial charge is 0.0226 e. The van der Waals surface area contributed by atoms with E-state index in [1.54, 1.807) is 0 Å². The molecule has 18 heavy (non-hydrogen) atoms. The molecule has 0 bridgehead atoms. The maximum atomic E-state index is 3.69. The van der Waals surface area contributed by atoms with Crippen LogP contribution in [0.5, 0.6) is 0 Å². The Kier molecular flexibility index (Phi) is 5.13. The lowest BCUT2D eigenvalue weighted by Crippen LogP contribution is -2.38. The van der Waals surface area contributed by atoms with Crippen LogP contribution in [0.2, 0.25) is 0 Å². The van der Waals surface area contributed by atoms with Crippen molar-refractivity contribution in [2.45, 2.75) is 51.3 Å². The highest BCUT2D eigenvalue weighted by atomic mass is 32.2. The maximum absolute atomic E-state index is 3.69. The van der Waals surface area contributed by atoms with Crippen molar-refractivity contribution in [3.8, 4) is 0 Å². The summed E-state index contributed by atoms with van der Waals surface area (Å²) in [6.45, 7) is 7.69. The molecule has 1 aromatic carbocycles. The molecule has 2 heteroatoms. The average molecular weight is 263 g/mol. The first-order chi connectivity index (χ1) is 8.70. The topological polar surface area (TPSA) is 12.0 Å². The molecule has 100 valence electrons. The third-order valence-electron chi connectivity index (χ3n) is 3.91. The standard InChI is InChI=1S/C16H25NS/c1-4-17-15(16-6-5-9-18-16)11-14-8-7-12(2)13(3)10-14/h7-8,10,15-17H,4-6,9,11H2,1-3H3. The van der Waals surface area contributed by atoms with Crippen LogP contribution in [-0.2, 0) is 6.42 Å². The molecular formula is C16H25NS. The Morgan fingerprint density at radius 2 is 2.17 bits per heavy atom. The van der Waals surface area contributed by atoms with E-state index in [1.807, 2.05) is 0 Å². The number of rotatable bonds is 5. The van der Waals surface area contributed by atoms with Crippen LogP contribution in [0.25, 0.3) is 0 Å². The molecule has 1 aliphatic rings. The third kappa shape index (κ3) is 3.52. The molecule has 1 fully saturated rings. The van der Waals surface area contributed by atoms with Gasteiger partial charge in [-0.3, -0.25) is 0 Å². The van der Waals surface area contributed by atoms with Gasteiger partial charge in [-0.1, -0.05) is 25.1 Å². The summed E-state index contributed by atoms with van der Waals surface area (Å²) >= 11 is 2.15.